The lowest BCUT2D eigenvalue weighted by atomic mass is 9.79. The minimum Gasteiger partial charge on any atom is -0.367 e. The number of aryl methyl sites for hydroxylation is 2. The van der Waals surface area contributed by atoms with Crippen molar-refractivity contribution in [1.82, 2.24) is 0 Å². The van der Waals surface area contributed by atoms with Gasteiger partial charge in [-0.2, -0.15) is 0 Å². The van der Waals surface area contributed by atoms with Gasteiger partial charge in [-0.3, -0.25) is 4.79 Å². The van der Waals surface area contributed by atoms with Gasteiger partial charge in [-0.15, -0.1) is 0 Å². The molecule has 0 unspecified atom stereocenters. The highest BCUT2D eigenvalue weighted by Crippen LogP contribution is 2.44. The van der Waals surface area contributed by atoms with Gasteiger partial charge in [-0.1, -0.05) is 23.8 Å². The number of fused-ring (bicyclic) bond motifs is 1. The van der Waals surface area contributed by atoms with E-state index in [-0.39, 0.29) is 31.1 Å². The topological polar surface area (TPSA) is 32.3 Å². The van der Waals surface area contributed by atoms with Crippen LogP contribution in [-0.4, -0.2) is 18.4 Å². The van der Waals surface area contributed by atoms with Crippen molar-refractivity contribution in [2.24, 2.45) is 5.92 Å². The molecule has 4 rings (SSSR count). The zero-order chi connectivity index (χ0) is 20.8. The largest absolute Gasteiger partial charge is 0.367 e. The standard InChI is InChI=1S/C24H28F2N2O/c1-15-4-6-20(7-5-15)28-9-8-21-17(3)23(16(2)10-19(21)14-28)27-22(29)11-18-12-24(25,26)13-18/h4-7,10,18H,8-9,11-14H2,1-3H3,(H,27,29). The molecule has 1 aliphatic heterocycles. The molecule has 1 N–H and O–H groups in total. The molecular formula is C24H28F2N2O. The third-order valence-electron chi connectivity index (χ3n) is 6.31. The summed E-state index contributed by atoms with van der Waals surface area (Å²) in [6.07, 6.45) is 0.759. The van der Waals surface area contributed by atoms with Crippen molar-refractivity contribution in [3.8, 4) is 0 Å². The van der Waals surface area contributed by atoms with E-state index in [0.717, 1.165) is 36.3 Å². The van der Waals surface area contributed by atoms with Crippen LogP contribution in [-0.2, 0) is 17.8 Å². The van der Waals surface area contributed by atoms with Gasteiger partial charge in [0.2, 0.25) is 11.8 Å². The zero-order valence-electron chi connectivity index (χ0n) is 17.3. The highest BCUT2D eigenvalue weighted by Gasteiger charge is 2.45. The molecule has 2 aliphatic rings. The summed E-state index contributed by atoms with van der Waals surface area (Å²) in [7, 11) is 0. The van der Waals surface area contributed by atoms with Gasteiger partial charge in [-0.25, -0.2) is 8.78 Å². The fraction of sp³-hybridized carbons (Fsp3) is 0.458. The van der Waals surface area contributed by atoms with E-state index >= 15 is 0 Å². The number of nitrogens with one attached hydrogen (secondary N) is 1. The van der Waals surface area contributed by atoms with Crippen LogP contribution in [0.4, 0.5) is 20.2 Å². The maximum Gasteiger partial charge on any atom is 0.248 e. The molecule has 5 heteroatoms. The number of hydrogen-bond acceptors (Lipinski definition) is 2. The minimum absolute atomic E-state index is 0.159. The maximum atomic E-state index is 13.0. The summed E-state index contributed by atoms with van der Waals surface area (Å²) in [5.74, 6) is -2.94. The Balaban J connectivity index is 1.48. The zero-order valence-corrected chi connectivity index (χ0v) is 17.3. The van der Waals surface area contributed by atoms with Gasteiger partial charge in [0.25, 0.3) is 0 Å². The molecule has 3 nitrogen and oxygen atoms in total. The Labute approximate surface area is 171 Å². The Morgan fingerprint density at radius 2 is 1.86 bits per heavy atom. The van der Waals surface area contributed by atoms with E-state index in [2.05, 4.69) is 54.4 Å². The van der Waals surface area contributed by atoms with Crippen LogP contribution in [0.3, 0.4) is 0 Å². The minimum atomic E-state index is -2.58. The van der Waals surface area contributed by atoms with Gasteiger partial charge >= 0.3 is 0 Å². The van der Waals surface area contributed by atoms with Gasteiger partial charge in [-0.05, 0) is 67.5 Å². The van der Waals surface area contributed by atoms with E-state index in [4.69, 9.17) is 0 Å². The Morgan fingerprint density at radius 1 is 1.17 bits per heavy atom. The van der Waals surface area contributed by atoms with E-state index in [1.165, 1.54) is 22.4 Å². The van der Waals surface area contributed by atoms with Crippen molar-refractivity contribution >= 4 is 17.3 Å². The molecule has 0 aromatic heterocycles. The molecule has 1 fully saturated rings. The fourth-order valence-corrected chi connectivity index (χ4v) is 4.68. The summed E-state index contributed by atoms with van der Waals surface area (Å²) in [5, 5.41) is 3.01. The number of benzene rings is 2. The van der Waals surface area contributed by atoms with E-state index < -0.39 is 5.92 Å². The van der Waals surface area contributed by atoms with Gasteiger partial charge in [0.05, 0.1) is 0 Å². The van der Waals surface area contributed by atoms with Crippen molar-refractivity contribution in [2.75, 3.05) is 16.8 Å². The van der Waals surface area contributed by atoms with Crippen LogP contribution < -0.4 is 10.2 Å². The number of rotatable bonds is 4. The second-order valence-electron chi connectivity index (χ2n) is 8.72. The molecule has 1 saturated carbocycles. The number of alkyl halides is 2. The van der Waals surface area contributed by atoms with Crippen LogP contribution in [0, 0.1) is 26.7 Å². The number of anilines is 2. The first-order valence-electron chi connectivity index (χ1n) is 10.3. The van der Waals surface area contributed by atoms with Crippen LogP contribution in [0.25, 0.3) is 0 Å². The van der Waals surface area contributed by atoms with E-state index in [1.54, 1.807) is 0 Å². The summed E-state index contributed by atoms with van der Waals surface area (Å²) >= 11 is 0. The molecule has 0 spiro atoms. The summed E-state index contributed by atoms with van der Waals surface area (Å²) in [5.41, 5.74) is 8.06. The predicted molar refractivity (Wildman–Crippen MR) is 113 cm³/mol. The molecule has 0 atom stereocenters. The monoisotopic (exact) mass is 398 g/mol. The third-order valence-corrected chi connectivity index (χ3v) is 6.31. The first-order chi connectivity index (χ1) is 13.7. The summed E-state index contributed by atoms with van der Waals surface area (Å²) in [4.78, 5) is 14.8. The molecule has 29 heavy (non-hydrogen) atoms. The van der Waals surface area contributed by atoms with Crippen LogP contribution in [0.1, 0.15) is 47.1 Å². The van der Waals surface area contributed by atoms with Crippen LogP contribution >= 0.6 is 0 Å². The van der Waals surface area contributed by atoms with Crippen LogP contribution in [0.2, 0.25) is 0 Å². The van der Waals surface area contributed by atoms with Gasteiger partial charge in [0, 0.05) is 43.7 Å². The number of carbonyl (C=O) groups excluding carboxylic acids is 1. The average Bonchev–Trinajstić information content (AvgIpc) is 2.64. The van der Waals surface area contributed by atoms with Crippen LogP contribution in [0.5, 0.6) is 0 Å². The lowest BCUT2D eigenvalue weighted by Gasteiger charge is -2.35. The molecular weight excluding hydrogens is 370 g/mol. The van der Waals surface area contributed by atoms with Crippen molar-refractivity contribution in [3.05, 3.63) is 58.1 Å². The molecule has 1 aliphatic carbocycles. The first kappa shape index (κ1) is 19.9. The second kappa shape index (κ2) is 7.43. The molecule has 154 valence electrons. The third kappa shape index (κ3) is 4.14. The normalized spacial score (nSPS) is 18.2. The van der Waals surface area contributed by atoms with Crippen molar-refractivity contribution < 1.29 is 13.6 Å². The molecule has 1 heterocycles. The molecule has 2 aromatic rings. The maximum absolute atomic E-state index is 13.0. The molecule has 0 saturated heterocycles. The Kier molecular flexibility index (Phi) is 5.09. The smallest absolute Gasteiger partial charge is 0.248 e. The lowest BCUT2D eigenvalue weighted by Crippen LogP contribution is -2.37. The van der Waals surface area contributed by atoms with Crippen molar-refractivity contribution in [2.45, 2.75) is 58.9 Å². The Hall–Kier alpha value is -2.43. The van der Waals surface area contributed by atoms with E-state index in [9.17, 15) is 13.6 Å². The van der Waals surface area contributed by atoms with Crippen molar-refractivity contribution in [1.29, 1.82) is 0 Å². The lowest BCUT2D eigenvalue weighted by molar-refractivity contribution is -0.129. The van der Waals surface area contributed by atoms with E-state index in [0.29, 0.717) is 0 Å². The summed E-state index contributed by atoms with van der Waals surface area (Å²) in [6.45, 7) is 7.94. The average molecular weight is 398 g/mol. The Bertz CT molecular complexity index is 929. The highest BCUT2D eigenvalue weighted by atomic mass is 19.3. The molecule has 2 aromatic carbocycles. The predicted octanol–water partition coefficient (Wildman–Crippen LogP) is 5.55. The van der Waals surface area contributed by atoms with Crippen LogP contribution in [0.15, 0.2) is 30.3 Å². The molecule has 0 radical (unpaired) electrons. The number of amides is 1. The second-order valence-corrected chi connectivity index (χ2v) is 8.72. The number of halogens is 2. The summed E-state index contributed by atoms with van der Waals surface area (Å²) < 4.78 is 26.0. The number of hydrogen-bond donors (Lipinski definition) is 1. The number of nitrogens with zero attached hydrogens (tertiary/aromatic N) is 1. The van der Waals surface area contributed by atoms with Gasteiger partial charge < -0.3 is 10.2 Å². The highest BCUT2D eigenvalue weighted by molar-refractivity contribution is 5.93. The SMILES string of the molecule is Cc1ccc(N2CCc3c(cc(C)c(NC(=O)CC4CC(F)(F)C4)c3C)C2)cc1. The van der Waals surface area contributed by atoms with Crippen molar-refractivity contribution in [3.63, 3.8) is 0 Å². The molecule has 0 bridgehead atoms. The number of carbonyl (C=O) groups is 1. The van der Waals surface area contributed by atoms with Gasteiger partial charge in [0.1, 0.15) is 0 Å². The summed E-state index contributed by atoms with van der Waals surface area (Å²) in [6, 6.07) is 10.8. The first-order valence-corrected chi connectivity index (χ1v) is 10.3. The molecule has 1 amide bonds. The Morgan fingerprint density at radius 3 is 2.52 bits per heavy atom. The van der Waals surface area contributed by atoms with Gasteiger partial charge in [0.15, 0.2) is 0 Å². The van der Waals surface area contributed by atoms with E-state index in [1.807, 2.05) is 6.92 Å². The quantitative estimate of drug-likeness (QED) is 0.732. The fourth-order valence-electron chi connectivity index (χ4n) is 4.68.